The molecule has 14 rings (SSSR count). The van der Waals surface area contributed by atoms with Crippen molar-refractivity contribution in [2.24, 2.45) is 0 Å². The van der Waals surface area contributed by atoms with Crippen LogP contribution in [0.15, 0.2) is 182 Å². The molecule has 0 atom stereocenters. The van der Waals surface area contributed by atoms with Gasteiger partial charge < -0.3 is 18.7 Å². The molecule has 0 radical (unpaired) electrons. The molecule has 1 N–H and O–H groups in total. The highest BCUT2D eigenvalue weighted by molar-refractivity contribution is 6.20. The van der Waals surface area contributed by atoms with E-state index in [1.807, 2.05) is 78.9 Å². The second-order valence-electron chi connectivity index (χ2n) is 21.2. The van der Waals surface area contributed by atoms with Crippen molar-refractivity contribution >= 4 is 98.6 Å². The van der Waals surface area contributed by atoms with E-state index < -0.39 is 68.9 Å². The maximum atomic E-state index is 15.7. The maximum absolute atomic E-state index is 15.7. The summed E-state index contributed by atoms with van der Waals surface area (Å²) in [6.07, 6.45) is 0. The SMILES string of the molecule is CCN(C(C)C)C(C)C.[C-]#[N+]c1c(F)c(F)c(-n2c3ccccc3c3cc4c5ccccc5n(-c5ccccc5)c4cc32)c(C#N)c1F.[C-]#[N+]c1c(F)c(F)c(F)c(C#N)c1F.c1ccc(-n2c3ccccc3c3cc4c(cc32)[nH]c2ccccc24)cc1. The third kappa shape index (κ3) is 9.91. The van der Waals surface area contributed by atoms with Crippen LogP contribution in [0.4, 0.5) is 42.1 Å². The lowest BCUT2D eigenvalue weighted by molar-refractivity contribution is 0.185. The van der Waals surface area contributed by atoms with Gasteiger partial charge in [-0.15, -0.1) is 0 Å². The summed E-state index contributed by atoms with van der Waals surface area (Å²) >= 11 is 0. The molecular formula is C72H50F7N9. The summed E-state index contributed by atoms with van der Waals surface area (Å²) in [5.41, 5.74) is 4.60. The minimum Gasteiger partial charge on any atom is -0.354 e. The van der Waals surface area contributed by atoms with Crippen LogP contribution in [0.3, 0.4) is 0 Å². The van der Waals surface area contributed by atoms with E-state index in [2.05, 4.69) is 154 Å². The van der Waals surface area contributed by atoms with Crippen molar-refractivity contribution in [1.82, 2.24) is 23.6 Å². The van der Waals surface area contributed by atoms with Gasteiger partial charge in [-0.25, -0.2) is 40.4 Å². The topological polar surface area (TPSA) is 90.1 Å². The zero-order valence-electron chi connectivity index (χ0n) is 47.9. The minimum atomic E-state index is -2.02. The van der Waals surface area contributed by atoms with Gasteiger partial charge in [-0.05, 0) is 107 Å². The van der Waals surface area contributed by atoms with Crippen LogP contribution in [0, 0.1) is 76.5 Å². The lowest BCUT2D eigenvalue weighted by Crippen LogP contribution is -2.36. The largest absolute Gasteiger partial charge is 0.354 e. The number of hydrogen-bond acceptors (Lipinski definition) is 3. The zero-order chi connectivity index (χ0) is 62.2. The average Bonchev–Trinajstić information content (AvgIpc) is 1.78. The second-order valence-corrected chi connectivity index (χ2v) is 21.2. The lowest BCUT2D eigenvalue weighted by Gasteiger charge is -2.28. The van der Waals surface area contributed by atoms with E-state index in [0.717, 1.165) is 50.9 Å². The first-order valence-corrected chi connectivity index (χ1v) is 28.0. The summed E-state index contributed by atoms with van der Waals surface area (Å²) in [4.78, 5) is 11.2. The van der Waals surface area contributed by atoms with E-state index >= 15 is 8.78 Å². The number of aromatic nitrogens is 4. The Morgan fingerprint density at radius 3 is 1.26 bits per heavy atom. The molecule has 0 saturated heterocycles. The van der Waals surface area contributed by atoms with Gasteiger partial charge in [-0.1, -0.05) is 116 Å². The van der Waals surface area contributed by atoms with Crippen LogP contribution in [0.25, 0.3) is 114 Å². The van der Waals surface area contributed by atoms with Gasteiger partial charge >= 0.3 is 0 Å². The van der Waals surface area contributed by atoms with Gasteiger partial charge in [0.2, 0.25) is 0 Å². The molecular weight excluding hydrogens is 1120 g/mol. The summed E-state index contributed by atoms with van der Waals surface area (Å²) in [6.45, 7) is 25.7. The second kappa shape index (κ2) is 24.1. The monoisotopic (exact) mass is 1170 g/mol. The molecule has 0 spiro atoms. The van der Waals surface area contributed by atoms with Gasteiger partial charge in [0.15, 0.2) is 40.7 Å². The molecule has 0 aliphatic carbocycles. The first kappa shape index (κ1) is 58.6. The summed E-state index contributed by atoms with van der Waals surface area (Å²) in [5.74, 6) is -12.0. The smallest absolute Gasteiger partial charge is 0.261 e. The molecule has 0 unspecified atom stereocenters. The van der Waals surface area contributed by atoms with Crippen LogP contribution in [0.1, 0.15) is 45.7 Å². The van der Waals surface area contributed by atoms with Gasteiger partial charge in [-0.3, -0.25) is 4.90 Å². The lowest BCUT2D eigenvalue weighted by atomic mass is 10.1. The van der Waals surface area contributed by atoms with Gasteiger partial charge in [0, 0.05) is 77.6 Å². The molecule has 10 aromatic carbocycles. The fourth-order valence-electron chi connectivity index (χ4n) is 11.9. The molecule has 0 saturated carbocycles. The normalized spacial score (nSPS) is 11.3. The number of fused-ring (bicyclic) bond motifs is 12. The maximum Gasteiger partial charge on any atom is 0.261 e. The van der Waals surface area contributed by atoms with Crippen molar-refractivity contribution in [2.75, 3.05) is 6.54 Å². The predicted molar refractivity (Wildman–Crippen MR) is 336 cm³/mol. The average molecular weight is 1170 g/mol. The van der Waals surface area contributed by atoms with E-state index in [1.54, 1.807) is 18.2 Å². The van der Waals surface area contributed by atoms with Gasteiger partial charge in [-0.2, -0.15) is 10.5 Å². The number of halogens is 7. The van der Waals surface area contributed by atoms with Crippen molar-refractivity contribution in [2.45, 2.75) is 46.7 Å². The van der Waals surface area contributed by atoms with Gasteiger partial charge in [0.25, 0.3) is 11.4 Å². The number of hydrogen-bond donors (Lipinski definition) is 1. The Hall–Kier alpha value is -11.2. The Morgan fingerprint density at radius 1 is 0.409 bits per heavy atom. The standard InChI is InChI=1S/C32H15F3N4.C24H16N2.C8F4N2.C8H19N/c1-37-31-28(33)23(17-36)32(30(35)29(31)34)39-25-14-8-6-12-20(25)22-15-21-19-11-5-7-13-24(19)38(26(21)16-27(22)39)18-9-3-2-4-10-18;1-2-8-16(9-3-1)26-23-13-7-5-11-18(23)20-14-19-17-10-4-6-12-21(17)25-22(19)15-24(20)26;1-14-8-5(10)3(2-13)4(9)6(11)7(8)12;1-6-9(7(2)3)8(4)5/h2-16H;1-15,25H;;7-8H,6H2,1-5H3. The number of nitrogens with zero attached hydrogens (tertiary/aromatic N) is 8. The highest BCUT2D eigenvalue weighted by Gasteiger charge is 2.30. The predicted octanol–water partition coefficient (Wildman–Crippen LogP) is 19.9. The van der Waals surface area contributed by atoms with E-state index in [4.69, 9.17) is 18.4 Å². The van der Waals surface area contributed by atoms with Crippen molar-refractivity contribution < 1.29 is 30.7 Å². The Kier molecular flexibility index (Phi) is 16.0. The molecule has 0 amide bonds. The number of H-pyrrole nitrogens is 1. The van der Waals surface area contributed by atoms with Crippen LogP contribution in [0.2, 0.25) is 0 Å². The molecule has 14 aromatic rings. The van der Waals surface area contributed by atoms with Crippen LogP contribution >= 0.6 is 0 Å². The Labute approximate surface area is 500 Å². The molecule has 4 aromatic heterocycles. The first-order chi connectivity index (χ1) is 42.6. The van der Waals surface area contributed by atoms with Crippen LogP contribution < -0.4 is 0 Å². The molecule has 0 fully saturated rings. The van der Waals surface area contributed by atoms with Crippen molar-refractivity contribution in [3.63, 3.8) is 0 Å². The van der Waals surface area contributed by atoms with E-state index in [0.29, 0.717) is 23.1 Å². The minimum absolute atomic E-state index is 0.466. The van der Waals surface area contributed by atoms with E-state index in [9.17, 15) is 27.2 Å². The summed E-state index contributed by atoms with van der Waals surface area (Å²) in [5, 5.41) is 26.6. The third-order valence-corrected chi connectivity index (χ3v) is 15.7. The van der Waals surface area contributed by atoms with Crippen molar-refractivity contribution in [1.29, 1.82) is 10.5 Å². The first-order valence-electron chi connectivity index (χ1n) is 28.0. The number of aromatic amines is 1. The van der Waals surface area contributed by atoms with Gasteiger partial charge in [0.05, 0.1) is 46.2 Å². The van der Waals surface area contributed by atoms with E-state index in [1.165, 1.54) is 53.9 Å². The molecule has 0 aliphatic heterocycles. The molecule has 9 nitrogen and oxygen atoms in total. The number of para-hydroxylation sites is 6. The fourth-order valence-corrected chi connectivity index (χ4v) is 11.9. The highest BCUT2D eigenvalue weighted by atomic mass is 19.2. The molecule has 16 heteroatoms. The molecule has 0 aliphatic rings. The number of nitrogens with one attached hydrogen (secondary N) is 1. The molecule has 0 bridgehead atoms. The quantitative estimate of drug-likeness (QED) is 0.0778. The fraction of sp³-hybridized carbons (Fsp3) is 0.111. The zero-order valence-corrected chi connectivity index (χ0v) is 47.9. The Bertz CT molecular complexity index is 5190. The molecule has 88 heavy (non-hydrogen) atoms. The van der Waals surface area contributed by atoms with E-state index in [-0.39, 0.29) is 0 Å². The van der Waals surface area contributed by atoms with Crippen LogP contribution in [0.5, 0.6) is 0 Å². The van der Waals surface area contributed by atoms with Crippen LogP contribution in [-0.4, -0.2) is 42.2 Å². The molecule has 432 valence electrons. The van der Waals surface area contributed by atoms with Crippen LogP contribution in [-0.2, 0) is 0 Å². The Morgan fingerprint density at radius 2 is 0.807 bits per heavy atom. The summed E-state index contributed by atoms with van der Waals surface area (Å²) in [6, 6.07) is 65.1. The number of nitriles is 2. The molecule has 4 heterocycles. The number of benzene rings is 10. The summed E-state index contributed by atoms with van der Waals surface area (Å²) < 4.78 is 102. The van der Waals surface area contributed by atoms with Gasteiger partial charge in [0.1, 0.15) is 29.0 Å². The summed E-state index contributed by atoms with van der Waals surface area (Å²) in [7, 11) is 0. The third-order valence-electron chi connectivity index (χ3n) is 15.7. The number of rotatable bonds is 6. The van der Waals surface area contributed by atoms with Crippen molar-refractivity contribution in [3.05, 3.63) is 257 Å². The Balaban J connectivity index is 0.000000140. The highest BCUT2D eigenvalue weighted by Crippen LogP contribution is 2.43. The van der Waals surface area contributed by atoms with Crippen molar-refractivity contribution in [3.8, 4) is 29.2 Å².